The lowest BCUT2D eigenvalue weighted by atomic mass is 9.91. The number of nitrogens with one attached hydrogen (secondary N) is 1. The average molecular weight is 539 g/mol. The number of likely N-dealkylation sites (N-methyl/N-ethyl adjacent to an activating group) is 1. The fourth-order valence-corrected chi connectivity index (χ4v) is 5.75. The van der Waals surface area contributed by atoms with Crippen LogP contribution >= 0.6 is 0 Å². The first kappa shape index (κ1) is 26.9. The van der Waals surface area contributed by atoms with Crippen LogP contribution in [0.15, 0.2) is 6.07 Å². The Bertz CT molecular complexity index is 1190. The predicted octanol–water partition coefficient (Wildman–Crippen LogP) is 3.61. The summed E-state index contributed by atoms with van der Waals surface area (Å²) in [5.41, 5.74) is 4.81. The molecule has 0 aliphatic carbocycles. The molecule has 0 bridgehead atoms. The third kappa shape index (κ3) is 5.26. The number of nitrogens with zero attached hydrogens (tertiary/aromatic N) is 4. The zero-order chi connectivity index (χ0) is 27.2. The number of ether oxygens (including phenoxy) is 2. The Labute approximate surface area is 219 Å². The van der Waals surface area contributed by atoms with Crippen LogP contribution in [0.1, 0.15) is 53.8 Å². The SMILES string of the molecule is Cc1cc(N)c(F)c(C2Cc3nc(OC[C@@H]4CCCN4C)nc(N4CCN[C@@H](C)C4)c3CO2)c1C(F)(F)F. The van der Waals surface area contributed by atoms with E-state index in [2.05, 4.69) is 27.0 Å². The standard InChI is InChI=1S/C26H34F4N6O2/c1-14-9-18(31)23(27)21(22(14)26(28,29)30)20-10-19-17(13-37-20)24(36-8-6-32-15(2)11-36)34-25(33-19)38-12-16-5-4-7-35(16)3/h9,15-16,20,32H,4-8,10-13,31H2,1-3H3/t15-,16-,20?/m0/s1. The van der Waals surface area contributed by atoms with Gasteiger partial charge in [0.2, 0.25) is 0 Å². The van der Waals surface area contributed by atoms with Crippen LogP contribution in [0, 0.1) is 12.7 Å². The summed E-state index contributed by atoms with van der Waals surface area (Å²) < 4.78 is 69.2. The van der Waals surface area contributed by atoms with Gasteiger partial charge in [-0.25, -0.2) is 4.39 Å². The van der Waals surface area contributed by atoms with Gasteiger partial charge in [0.05, 0.1) is 29.7 Å². The normalized spacial score (nSPS) is 24.5. The highest BCUT2D eigenvalue weighted by atomic mass is 19.4. The van der Waals surface area contributed by atoms with E-state index in [1.54, 1.807) is 0 Å². The van der Waals surface area contributed by atoms with Gasteiger partial charge in [-0.05, 0) is 51.9 Å². The van der Waals surface area contributed by atoms with E-state index in [0.29, 0.717) is 36.8 Å². The quantitative estimate of drug-likeness (QED) is 0.441. The van der Waals surface area contributed by atoms with Gasteiger partial charge in [0, 0.05) is 49.3 Å². The lowest BCUT2D eigenvalue weighted by molar-refractivity contribution is -0.140. The third-order valence-electron chi connectivity index (χ3n) is 7.73. The van der Waals surface area contributed by atoms with Gasteiger partial charge >= 0.3 is 12.2 Å². The first-order chi connectivity index (χ1) is 18.0. The number of nitrogens with two attached hydrogens (primary N) is 1. The number of aryl methyl sites for hydroxylation is 1. The minimum absolute atomic E-state index is 0.0517. The average Bonchev–Trinajstić information content (AvgIpc) is 3.27. The summed E-state index contributed by atoms with van der Waals surface area (Å²) in [6, 6.07) is 1.65. The predicted molar refractivity (Wildman–Crippen MR) is 135 cm³/mol. The molecule has 4 heterocycles. The van der Waals surface area contributed by atoms with Crippen molar-refractivity contribution >= 4 is 11.5 Å². The number of rotatable bonds is 5. The minimum Gasteiger partial charge on any atom is -0.462 e. The molecule has 2 fully saturated rings. The number of nitrogen functional groups attached to an aromatic ring is 1. The number of anilines is 2. The second-order valence-electron chi connectivity index (χ2n) is 10.5. The van der Waals surface area contributed by atoms with Crippen molar-refractivity contribution < 1.29 is 27.0 Å². The van der Waals surface area contributed by atoms with Gasteiger partial charge in [-0.1, -0.05) is 0 Å². The molecule has 5 rings (SSSR count). The lowest BCUT2D eigenvalue weighted by Gasteiger charge is -2.36. The highest BCUT2D eigenvalue weighted by molar-refractivity contribution is 5.55. The van der Waals surface area contributed by atoms with Crippen LogP contribution in [0.3, 0.4) is 0 Å². The molecule has 1 unspecified atom stereocenters. The Kier molecular flexibility index (Phi) is 7.40. The van der Waals surface area contributed by atoms with E-state index in [4.69, 9.17) is 20.2 Å². The number of fused-ring (bicyclic) bond motifs is 1. The fraction of sp³-hybridized carbons (Fsp3) is 0.615. The Hall–Kier alpha value is -2.70. The summed E-state index contributed by atoms with van der Waals surface area (Å²) in [5.74, 6) is -0.459. The summed E-state index contributed by atoms with van der Waals surface area (Å²) in [4.78, 5) is 13.7. The summed E-state index contributed by atoms with van der Waals surface area (Å²) in [6.45, 7) is 6.85. The minimum atomic E-state index is -4.77. The summed E-state index contributed by atoms with van der Waals surface area (Å²) in [7, 11) is 2.05. The van der Waals surface area contributed by atoms with Crippen LogP contribution < -0.4 is 20.7 Å². The molecule has 3 N–H and O–H groups in total. The van der Waals surface area contributed by atoms with Crippen LogP contribution in [0.25, 0.3) is 0 Å². The number of hydrogen-bond acceptors (Lipinski definition) is 8. The van der Waals surface area contributed by atoms with Crippen molar-refractivity contribution in [2.45, 2.75) is 64.1 Å². The second-order valence-corrected chi connectivity index (χ2v) is 10.5. The molecule has 0 amide bonds. The Morgan fingerprint density at radius 3 is 2.74 bits per heavy atom. The molecule has 1 aromatic carbocycles. The van der Waals surface area contributed by atoms with E-state index in [9.17, 15) is 13.2 Å². The van der Waals surface area contributed by atoms with Gasteiger partial charge in [0.15, 0.2) is 5.82 Å². The van der Waals surface area contributed by atoms with Gasteiger partial charge < -0.3 is 30.3 Å². The van der Waals surface area contributed by atoms with Crippen LogP contribution in [-0.2, 0) is 23.9 Å². The molecule has 3 atom stereocenters. The maximum atomic E-state index is 15.2. The van der Waals surface area contributed by atoms with E-state index in [0.717, 1.165) is 32.0 Å². The monoisotopic (exact) mass is 538 g/mol. The topological polar surface area (TPSA) is 88.8 Å². The Morgan fingerprint density at radius 1 is 1.26 bits per heavy atom. The number of aromatic nitrogens is 2. The molecular weight excluding hydrogens is 504 g/mol. The molecule has 1 aromatic heterocycles. The van der Waals surface area contributed by atoms with Crippen molar-refractivity contribution in [1.29, 1.82) is 0 Å². The van der Waals surface area contributed by atoms with Gasteiger partial charge in [-0.2, -0.15) is 23.1 Å². The molecule has 3 aliphatic rings. The van der Waals surface area contributed by atoms with Crippen molar-refractivity contribution in [2.75, 3.05) is 50.5 Å². The smallest absolute Gasteiger partial charge is 0.417 e. The molecule has 0 radical (unpaired) electrons. The fourth-order valence-electron chi connectivity index (χ4n) is 5.75. The number of benzene rings is 1. The Balaban J connectivity index is 1.52. The first-order valence-corrected chi connectivity index (χ1v) is 13.0. The zero-order valence-electron chi connectivity index (χ0n) is 21.9. The molecule has 2 saturated heterocycles. The van der Waals surface area contributed by atoms with Crippen LogP contribution in [0.5, 0.6) is 6.01 Å². The van der Waals surface area contributed by atoms with Gasteiger partial charge in [-0.15, -0.1) is 0 Å². The van der Waals surface area contributed by atoms with E-state index in [-0.39, 0.29) is 42.4 Å². The van der Waals surface area contributed by atoms with E-state index < -0.39 is 29.2 Å². The van der Waals surface area contributed by atoms with Crippen LogP contribution in [-0.4, -0.2) is 66.8 Å². The third-order valence-corrected chi connectivity index (χ3v) is 7.73. The lowest BCUT2D eigenvalue weighted by Crippen LogP contribution is -2.50. The number of piperazine rings is 1. The van der Waals surface area contributed by atoms with Crippen molar-refractivity contribution in [3.05, 3.63) is 39.8 Å². The van der Waals surface area contributed by atoms with Crippen molar-refractivity contribution in [3.8, 4) is 6.01 Å². The molecule has 3 aliphatic heterocycles. The summed E-state index contributed by atoms with van der Waals surface area (Å²) in [6.07, 6.45) is -3.94. The number of alkyl halides is 3. The molecule has 12 heteroatoms. The largest absolute Gasteiger partial charge is 0.462 e. The van der Waals surface area contributed by atoms with E-state index in [1.807, 2.05) is 7.05 Å². The van der Waals surface area contributed by atoms with Gasteiger partial charge in [0.25, 0.3) is 0 Å². The molecule has 0 spiro atoms. The van der Waals surface area contributed by atoms with E-state index in [1.165, 1.54) is 6.92 Å². The molecule has 208 valence electrons. The number of hydrogen-bond donors (Lipinski definition) is 2. The maximum absolute atomic E-state index is 15.2. The highest BCUT2D eigenvalue weighted by Crippen LogP contribution is 2.44. The van der Waals surface area contributed by atoms with Crippen molar-refractivity contribution in [1.82, 2.24) is 20.2 Å². The number of halogens is 4. The Morgan fingerprint density at radius 2 is 2.05 bits per heavy atom. The van der Waals surface area contributed by atoms with E-state index >= 15 is 4.39 Å². The molecular formula is C26H34F4N6O2. The summed E-state index contributed by atoms with van der Waals surface area (Å²) in [5, 5.41) is 3.40. The molecule has 0 saturated carbocycles. The second kappa shape index (κ2) is 10.5. The zero-order valence-corrected chi connectivity index (χ0v) is 21.9. The van der Waals surface area contributed by atoms with Crippen LogP contribution in [0.2, 0.25) is 0 Å². The van der Waals surface area contributed by atoms with Crippen LogP contribution in [0.4, 0.5) is 29.1 Å². The molecule has 2 aromatic rings. The van der Waals surface area contributed by atoms with Gasteiger partial charge in [0.1, 0.15) is 12.4 Å². The van der Waals surface area contributed by atoms with Crippen molar-refractivity contribution in [2.24, 2.45) is 0 Å². The molecule has 38 heavy (non-hydrogen) atoms. The van der Waals surface area contributed by atoms with Crippen molar-refractivity contribution in [3.63, 3.8) is 0 Å². The number of likely N-dealkylation sites (tertiary alicyclic amines) is 1. The molecule has 8 nitrogen and oxygen atoms in total. The highest BCUT2D eigenvalue weighted by Gasteiger charge is 2.41. The first-order valence-electron chi connectivity index (χ1n) is 13.0. The maximum Gasteiger partial charge on any atom is 0.417 e. The summed E-state index contributed by atoms with van der Waals surface area (Å²) >= 11 is 0. The van der Waals surface area contributed by atoms with Gasteiger partial charge in [-0.3, -0.25) is 0 Å².